The number of aryl methyl sites for hydroxylation is 1. The lowest BCUT2D eigenvalue weighted by atomic mass is 9.99. The summed E-state index contributed by atoms with van der Waals surface area (Å²) in [5.74, 6) is -0.911. The van der Waals surface area contributed by atoms with E-state index in [4.69, 9.17) is 9.84 Å². The van der Waals surface area contributed by atoms with Crippen molar-refractivity contribution in [1.82, 2.24) is 0 Å². The Balaban J connectivity index is 2.41. The van der Waals surface area contributed by atoms with Crippen LogP contribution < -0.4 is 4.74 Å². The van der Waals surface area contributed by atoms with Crippen LogP contribution in [0, 0.1) is 6.92 Å². The molecule has 0 bridgehead atoms. The van der Waals surface area contributed by atoms with Crippen molar-refractivity contribution in [2.24, 2.45) is 0 Å². The summed E-state index contributed by atoms with van der Waals surface area (Å²) in [5, 5.41) is 8.76. The first-order valence-electron chi connectivity index (χ1n) is 4.61. The number of carbonyl (C=O) groups excluding carboxylic acids is 1. The van der Waals surface area contributed by atoms with E-state index in [0.717, 1.165) is 5.56 Å². The number of Topliss-reactive ketones (excluding diaryl/α,β-unsaturated/α-hetero) is 1. The van der Waals surface area contributed by atoms with Crippen LogP contribution in [0.15, 0.2) is 18.2 Å². The van der Waals surface area contributed by atoms with E-state index in [0.29, 0.717) is 11.3 Å². The Labute approximate surface area is 86.5 Å². The molecule has 15 heavy (non-hydrogen) atoms. The van der Waals surface area contributed by atoms with Gasteiger partial charge < -0.3 is 9.84 Å². The molecule has 1 N–H and O–H groups in total. The lowest BCUT2D eigenvalue weighted by molar-refractivity contribution is -0.145. The van der Waals surface area contributed by atoms with Crippen LogP contribution in [0.25, 0.3) is 0 Å². The zero-order valence-corrected chi connectivity index (χ0v) is 8.19. The minimum absolute atomic E-state index is 0.0915. The van der Waals surface area contributed by atoms with Gasteiger partial charge >= 0.3 is 5.97 Å². The molecular weight excluding hydrogens is 196 g/mol. The van der Waals surface area contributed by atoms with Gasteiger partial charge in [-0.2, -0.15) is 0 Å². The number of hydrogen-bond acceptors (Lipinski definition) is 3. The molecule has 0 unspecified atom stereocenters. The van der Waals surface area contributed by atoms with Crippen LogP contribution in [0.5, 0.6) is 5.75 Å². The third-order valence-electron chi connectivity index (χ3n) is 2.35. The van der Waals surface area contributed by atoms with Gasteiger partial charge in [0, 0.05) is 0 Å². The Morgan fingerprint density at radius 2 is 2.27 bits per heavy atom. The van der Waals surface area contributed by atoms with E-state index in [1.807, 2.05) is 6.92 Å². The van der Waals surface area contributed by atoms with Crippen LogP contribution in [0.1, 0.15) is 22.3 Å². The molecule has 1 aliphatic heterocycles. The molecule has 0 radical (unpaired) electrons. The average molecular weight is 206 g/mol. The summed E-state index contributed by atoms with van der Waals surface area (Å²) >= 11 is 0. The van der Waals surface area contributed by atoms with Crippen LogP contribution >= 0.6 is 0 Å². The van der Waals surface area contributed by atoms with Crippen LogP contribution in [-0.2, 0) is 4.79 Å². The highest BCUT2D eigenvalue weighted by molar-refractivity contribution is 6.02. The van der Waals surface area contributed by atoms with E-state index in [1.54, 1.807) is 18.2 Å². The number of ketones is 1. The minimum atomic E-state index is -1.10. The summed E-state index contributed by atoms with van der Waals surface area (Å²) in [6.45, 7) is 1.87. The number of fused-ring (bicyclic) bond motifs is 1. The summed E-state index contributed by atoms with van der Waals surface area (Å²) in [5.41, 5.74) is 1.44. The van der Waals surface area contributed by atoms with Crippen molar-refractivity contribution in [3.05, 3.63) is 29.3 Å². The summed E-state index contributed by atoms with van der Waals surface area (Å²) in [6, 6.07) is 5.14. The fourth-order valence-corrected chi connectivity index (χ4v) is 1.58. The first kappa shape index (κ1) is 9.71. The number of carbonyl (C=O) groups is 2. The number of hydrogen-bond donors (Lipinski definition) is 1. The molecule has 0 aliphatic carbocycles. The molecule has 4 heteroatoms. The molecule has 1 aromatic carbocycles. The number of rotatable bonds is 1. The molecule has 1 aromatic rings. The Morgan fingerprint density at radius 1 is 1.53 bits per heavy atom. The SMILES string of the molecule is Cc1ccc2c(c1)C(=O)C[C@H](C(=O)O)O2. The first-order chi connectivity index (χ1) is 7.08. The van der Waals surface area contributed by atoms with Crippen LogP contribution in [-0.4, -0.2) is 23.0 Å². The van der Waals surface area contributed by atoms with Gasteiger partial charge in [-0.1, -0.05) is 11.6 Å². The fourth-order valence-electron chi connectivity index (χ4n) is 1.58. The molecule has 0 saturated heterocycles. The maximum atomic E-state index is 11.6. The Hall–Kier alpha value is -1.84. The van der Waals surface area contributed by atoms with Gasteiger partial charge in [-0.05, 0) is 19.1 Å². The smallest absolute Gasteiger partial charge is 0.345 e. The molecule has 0 spiro atoms. The van der Waals surface area contributed by atoms with Crippen molar-refractivity contribution in [3.8, 4) is 5.75 Å². The van der Waals surface area contributed by atoms with Gasteiger partial charge in [-0.3, -0.25) is 4.79 Å². The van der Waals surface area contributed by atoms with Gasteiger partial charge in [0.05, 0.1) is 12.0 Å². The zero-order chi connectivity index (χ0) is 11.0. The van der Waals surface area contributed by atoms with Gasteiger partial charge in [0.1, 0.15) is 5.75 Å². The van der Waals surface area contributed by atoms with Gasteiger partial charge in [-0.15, -0.1) is 0 Å². The highest BCUT2D eigenvalue weighted by Crippen LogP contribution is 2.28. The van der Waals surface area contributed by atoms with E-state index < -0.39 is 12.1 Å². The van der Waals surface area contributed by atoms with E-state index in [2.05, 4.69) is 0 Å². The van der Waals surface area contributed by atoms with E-state index >= 15 is 0 Å². The Morgan fingerprint density at radius 3 is 2.93 bits per heavy atom. The van der Waals surface area contributed by atoms with Gasteiger partial charge in [-0.25, -0.2) is 4.79 Å². The largest absolute Gasteiger partial charge is 0.478 e. The second-order valence-corrected chi connectivity index (χ2v) is 3.57. The number of carboxylic acids is 1. The highest BCUT2D eigenvalue weighted by Gasteiger charge is 2.31. The molecule has 4 nitrogen and oxygen atoms in total. The molecule has 0 aromatic heterocycles. The standard InChI is InChI=1S/C11H10O4/c1-6-2-3-9-7(4-6)8(12)5-10(15-9)11(13)14/h2-4,10H,5H2,1H3,(H,13,14)/t10-/m1/s1. The summed E-state index contributed by atoms with van der Waals surface area (Å²) in [4.78, 5) is 22.3. The van der Waals surface area contributed by atoms with Crippen LogP contribution in [0.4, 0.5) is 0 Å². The highest BCUT2D eigenvalue weighted by atomic mass is 16.5. The third kappa shape index (κ3) is 1.70. The molecule has 2 rings (SSSR count). The second-order valence-electron chi connectivity index (χ2n) is 3.57. The summed E-state index contributed by atoms with van der Waals surface area (Å²) in [6.07, 6.45) is -1.14. The van der Waals surface area contributed by atoms with E-state index in [9.17, 15) is 9.59 Å². The number of benzene rings is 1. The topological polar surface area (TPSA) is 63.6 Å². The normalized spacial score (nSPS) is 19.3. The Kier molecular flexibility index (Phi) is 2.19. The number of carboxylic acid groups (broad SMARTS) is 1. The maximum Gasteiger partial charge on any atom is 0.345 e. The quantitative estimate of drug-likeness (QED) is 0.754. The molecule has 0 saturated carbocycles. The van der Waals surface area contributed by atoms with Crippen molar-refractivity contribution in [2.45, 2.75) is 19.4 Å². The number of aliphatic carboxylic acids is 1. The van der Waals surface area contributed by atoms with Gasteiger partial charge in [0.2, 0.25) is 6.10 Å². The number of ether oxygens (including phenoxy) is 1. The van der Waals surface area contributed by atoms with Crippen molar-refractivity contribution < 1.29 is 19.4 Å². The first-order valence-corrected chi connectivity index (χ1v) is 4.61. The fraction of sp³-hybridized carbons (Fsp3) is 0.273. The second kappa shape index (κ2) is 3.38. The van der Waals surface area contributed by atoms with Crippen molar-refractivity contribution in [1.29, 1.82) is 0 Å². The average Bonchev–Trinajstić information content (AvgIpc) is 2.18. The van der Waals surface area contributed by atoms with E-state index in [1.165, 1.54) is 0 Å². The third-order valence-corrected chi connectivity index (χ3v) is 2.35. The van der Waals surface area contributed by atoms with Crippen molar-refractivity contribution in [2.75, 3.05) is 0 Å². The molecule has 78 valence electrons. The zero-order valence-electron chi connectivity index (χ0n) is 8.19. The Bertz CT molecular complexity index is 436. The van der Waals surface area contributed by atoms with Crippen LogP contribution in [0.3, 0.4) is 0 Å². The molecule has 0 amide bonds. The van der Waals surface area contributed by atoms with Crippen molar-refractivity contribution in [3.63, 3.8) is 0 Å². The molecule has 1 aliphatic rings. The summed E-state index contributed by atoms with van der Waals surface area (Å²) in [7, 11) is 0. The predicted octanol–water partition coefficient (Wildman–Crippen LogP) is 1.41. The lowest BCUT2D eigenvalue weighted by Gasteiger charge is -2.22. The minimum Gasteiger partial charge on any atom is -0.478 e. The van der Waals surface area contributed by atoms with Crippen LogP contribution in [0.2, 0.25) is 0 Å². The van der Waals surface area contributed by atoms with Crippen molar-refractivity contribution >= 4 is 11.8 Å². The molecule has 1 atom stereocenters. The maximum absolute atomic E-state index is 11.6. The summed E-state index contributed by atoms with van der Waals surface area (Å²) < 4.78 is 5.20. The molecular formula is C11H10O4. The van der Waals surface area contributed by atoms with Gasteiger partial charge in [0.25, 0.3) is 0 Å². The monoisotopic (exact) mass is 206 g/mol. The molecule has 1 heterocycles. The predicted molar refractivity (Wildman–Crippen MR) is 52.2 cm³/mol. The lowest BCUT2D eigenvalue weighted by Crippen LogP contribution is -2.33. The van der Waals surface area contributed by atoms with E-state index in [-0.39, 0.29) is 12.2 Å². The van der Waals surface area contributed by atoms with Gasteiger partial charge in [0.15, 0.2) is 5.78 Å². The molecule has 0 fully saturated rings.